The fraction of sp³-hybridized carbons (Fsp3) is 0.611. The number of methoxy groups -OCH3 is 1. The van der Waals surface area contributed by atoms with Crippen LogP contribution in [0.4, 0.5) is 0 Å². The van der Waals surface area contributed by atoms with E-state index in [4.69, 9.17) is 4.74 Å². The van der Waals surface area contributed by atoms with E-state index in [0.717, 1.165) is 31.4 Å². The number of carbonyl (C=O) groups excluding carboxylic acids is 1. The van der Waals surface area contributed by atoms with Gasteiger partial charge >= 0.3 is 0 Å². The Labute approximate surface area is 149 Å². The van der Waals surface area contributed by atoms with Crippen LogP contribution in [0.1, 0.15) is 37.7 Å². The van der Waals surface area contributed by atoms with E-state index >= 15 is 0 Å². The van der Waals surface area contributed by atoms with Gasteiger partial charge in [0.2, 0.25) is 15.9 Å². The van der Waals surface area contributed by atoms with Crippen LogP contribution in [0, 0.1) is 6.92 Å². The van der Waals surface area contributed by atoms with E-state index in [9.17, 15) is 13.2 Å². The number of aryl methyl sites for hydroxylation is 1. The maximum absolute atomic E-state index is 13.1. The fourth-order valence-electron chi connectivity index (χ4n) is 3.78. The summed E-state index contributed by atoms with van der Waals surface area (Å²) in [7, 11) is -2.12. The Morgan fingerprint density at radius 1 is 1.12 bits per heavy atom. The highest BCUT2D eigenvalue weighted by molar-refractivity contribution is 7.89. The van der Waals surface area contributed by atoms with Gasteiger partial charge in [-0.25, -0.2) is 8.42 Å². The third-order valence-corrected chi connectivity index (χ3v) is 7.06. The zero-order chi connectivity index (χ0) is 18.0. The first-order valence-electron chi connectivity index (χ1n) is 8.88. The molecular formula is C18H26N2O4S. The number of sulfonamides is 1. The number of hydrogen-bond acceptors (Lipinski definition) is 4. The molecule has 0 bridgehead atoms. The van der Waals surface area contributed by atoms with E-state index in [0.29, 0.717) is 31.7 Å². The summed E-state index contributed by atoms with van der Waals surface area (Å²) >= 11 is 0. The van der Waals surface area contributed by atoms with E-state index < -0.39 is 10.0 Å². The van der Waals surface area contributed by atoms with E-state index in [2.05, 4.69) is 0 Å². The molecule has 0 saturated carbocycles. The molecule has 2 saturated heterocycles. The molecule has 1 atom stereocenters. The predicted molar refractivity (Wildman–Crippen MR) is 95.1 cm³/mol. The molecule has 0 aliphatic carbocycles. The first kappa shape index (κ1) is 18.2. The monoisotopic (exact) mass is 366 g/mol. The molecule has 6 nitrogen and oxygen atoms in total. The second kappa shape index (κ2) is 7.33. The number of likely N-dealkylation sites (tertiary alicyclic amines) is 1. The highest BCUT2D eigenvalue weighted by atomic mass is 32.2. The number of ether oxygens (including phenoxy) is 1. The van der Waals surface area contributed by atoms with Gasteiger partial charge in [0, 0.05) is 32.1 Å². The number of rotatable bonds is 4. The summed E-state index contributed by atoms with van der Waals surface area (Å²) < 4.78 is 33.1. The van der Waals surface area contributed by atoms with Crippen molar-refractivity contribution >= 4 is 15.9 Å². The minimum Gasteiger partial charge on any atom is -0.495 e. The van der Waals surface area contributed by atoms with Crippen molar-refractivity contribution in [3.8, 4) is 5.75 Å². The van der Waals surface area contributed by atoms with Gasteiger partial charge in [-0.3, -0.25) is 4.79 Å². The van der Waals surface area contributed by atoms with Gasteiger partial charge in [0.25, 0.3) is 0 Å². The van der Waals surface area contributed by atoms with Crippen LogP contribution >= 0.6 is 0 Å². The topological polar surface area (TPSA) is 66.9 Å². The normalized spacial score (nSPS) is 22.9. The van der Waals surface area contributed by atoms with Crippen molar-refractivity contribution in [1.29, 1.82) is 0 Å². The summed E-state index contributed by atoms with van der Waals surface area (Å²) in [6.45, 7) is 3.60. The summed E-state index contributed by atoms with van der Waals surface area (Å²) in [5, 5.41) is 0. The summed E-state index contributed by atoms with van der Waals surface area (Å²) in [6, 6.07) is 5.37. The van der Waals surface area contributed by atoms with Crippen molar-refractivity contribution < 1.29 is 17.9 Å². The molecular weight excluding hydrogens is 340 g/mol. The number of carbonyl (C=O) groups is 1. The number of amides is 1. The molecule has 3 rings (SSSR count). The fourth-order valence-corrected chi connectivity index (χ4v) is 5.52. The number of benzene rings is 1. The smallest absolute Gasteiger partial charge is 0.246 e. The molecule has 1 aromatic rings. The summed E-state index contributed by atoms with van der Waals surface area (Å²) in [4.78, 5) is 14.2. The van der Waals surface area contributed by atoms with Crippen LogP contribution in [-0.4, -0.2) is 56.3 Å². The number of nitrogens with zero attached hydrogens (tertiary/aromatic N) is 2. The predicted octanol–water partition coefficient (Wildman–Crippen LogP) is 2.17. The Hall–Kier alpha value is -1.60. The molecule has 2 heterocycles. The Bertz CT molecular complexity index is 747. The molecule has 1 amide bonds. The lowest BCUT2D eigenvalue weighted by molar-refractivity contribution is -0.129. The van der Waals surface area contributed by atoms with Gasteiger partial charge in [-0.2, -0.15) is 4.31 Å². The van der Waals surface area contributed by atoms with Gasteiger partial charge in [0.1, 0.15) is 10.6 Å². The summed E-state index contributed by atoms with van der Waals surface area (Å²) in [5.74, 6) is 0.586. The third-order valence-electron chi connectivity index (χ3n) is 5.14. The quantitative estimate of drug-likeness (QED) is 0.819. The molecule has 1 aromatic carbocycles. The molecule has 0 radical (unpaired) electrons. The SMILES string of the molecule is COc1ccc(C)cc1S(=O)(=O)N1CCCC(N2CCCC2=O)CC1. The standard InChI is InChI=1S/C18H26N2O4S/c1-14-7-8-16(24-2)17(13-14)25(22,23)19-10-3-5-15(9-12-19)20-11-4-6-18(20)21/h7-8,13,15H,3-6,9-12H2,1-2H3. The molecule has 2 aliphatic heterocycles. The van der Waals surface area contributed by atoms with Gasteiger partial charge in [0.05, 0.1) is 7.11 Å². The summed E-state index contributed by atoms with van der Waals surface area (Å²) in [6.07, 6.45) is 3.86. The third kappa shape index (κ3) is 3.67. The van der Waals surface area contributed by atoms with Crippen LogP contribution in [0.3, 0.4) is 0 Å². The number of hydrogen-bond donors (Lipinski definition) is 0. The van der Waals surface area contributed by atoms with Crippen LogP contribution in [-0.2, 0) is 14.8 Å². The maximum Gasteiger partial charge on any atom is 0.246 e. The molecule has 25 heavy (non-hydrogen) atoms. The molecule has 0 N–H and O–H groups in total. The Balaban J connectivity index is 1.80. The molecule has 2 aliphatic rings. The highest BCUT2D eigenvalue weighted by Crippen LogP contribution is 2.30. The van der Waals surface area contributed by atoms with Crippen molar-refractivity contribution in [2.24, 2.45) is 0 Å². The van der Waals surface area contributed by atoms with Crippen LogP contribution in [0.25, 0.3) is 0 Å². The van der Waals surface area contributed by atoms with Crippen molar-refractivity contribution in [3.05, 3.63) is 23.8 Å². The van der Waals surface area contributed by atoms with Crippen LogP contribution < -0.4 is 4.74 Å². The largest absolute Gasteiger partial charge is 0.495 e. The molecule has 0 aromatic heterocycles. The van der Waals surface area contributed by atoms with Crippen molar-refractivity contribution in [3.63, 3.8) is 0 Å². The minimum absolute atomic E-state index is 0.162. The van der Waals surface area contributed by atoms with Gasteiger partial charge in [-0.1, -0.05) is 6.07 Å². The van der Waals surface area contributed by atoms with Crippen LogP contribution in [0.15, 0.2) is 23.1 Å². The van der Waals surface area contributed by atoms with Gasteiger partial charge in [0.15, 0.2) is 0 Å². The minimum atomic E-state index is -3.61. The lowest BCUT2D eigenvalue weighted by atomic mass is 10.1. The van der Waals surface area contributed by atoms with E-state index in [1.165, 1.54) is 7.11 Å². The average Bonchev–Trinajstić information content (AvgIpc) is 2.86. The van der Waals surface area contributed by atoms with Gasteiger partial charge < -0.3 is 9.64 Å². The van der Waals surface area contributed by atoms with Crippen molar-refractivity contribution in [1.82, 2.24) is 9.21 Å². The van der Waals surface area contributed by atoms with Crippen molar-refractivity contribution in [2.45, 2.75) is 50.0 Å². The first-order chi connectivity index (χ1) is 11.9. The second-order valence-corrected chi connectivity index (χ2v) is 8.74. The average molecular weight is 366 g/mol. The molecule has 1 unspecified atom stereocenters. The van der Waals surface area contributed by atoms with E-state index in [1.807, 2.05) is 17.9 Å². The van der Waals surface area contributed by atoms with E-state index in [1.54, 1.807) is 16.4 Å². The van der Waals surface area contributed by atoms with Gasteiger partial charge in [-0.15, -0.1) is 0 Å². The maximum atomic E-state index is 13.1. The van der Waals surface area contributed by atoms with Crippen LogP contribution in [0.5, 0.6) is 5.75 Å². The highest BCUT2D eigenvalue weighted by Gasteiger charge is 2.34. The lowest BCUT2D eigenvalue weighted by Gasteiger charge is -2.27. The first-order valence-corrected chi connectivity index (χ1v) is 10.3. The molecule has 138 valence electrons. The van der Waals surface area contributed by atoms with Gasteiger partial charge in [-0.05, 0) is 50.3 Å². The molecule has 7 heteroatoms. The van der Waals surface area contributed by atoms with Crippen molar-refractivity contribution in [2.75, 3.05) is 26.7 Å². The Morgan fingerprint density at radius 3 is 2.60 bits per heavy atom. The Kier molecular flexibility index (Phi) is 5.34. The molecule has 2 fully saturated rings. The Morgan fingerprint density at radius 2 is 1.92 bits per heavy atom. The van der Waals surface area contributed by atoms with Crippen LogP contribution in [0.2, 0.25) is 0 Å². The second-order valence-electron chi connectivity index (χ2n) is 6.83. The summed E-state index contributed by atoms with van der Waals surface area (Å²) in [5.41, 5.74) is 0.884. The lowest BCUT2D eigenvalue weighted by Crippen LogP contribution is -2.37. The zero-order valence-electron chi connectivity index (χ0n) is 14.9. The van der Waals surface area contributed by atoms with E-state index in [-0.39, 0.29) is 16.8 Å². The zero-order valence-corrected chi connectivity index (χ0v) is 15.7. The molecule has 0 spiro atoms.